The van der Waals surface area contributed by atoms with Gasteiger partial charge in [-0.1, -0.05) is 12.1 Å². The van der Waals surface area contributed by atoms with Gasteiger partial charge in [-0.2, -0.15) is 4.31 Å². The van der Waals surface area contributed by atoms with Gasteiger partial charge in [0.15, 0.2) is 4.90 Å². The molecule has 1 saturated heterocycles. The van der Waals surface area contributed by atoms with Crippen LogP contribution in [0.15, 0.2) is 29.2 Å². The van der Waals surface area contributed by atoms with E-state index in [-0.39, 0.29) is 23.5 Å². The van der Waals surface area contributed by atoms with Gasteiger partial charge in [0.05, 0.1) is 4.92 Å². The van der Waals surface area contributed by atoms with Crippen LogP contribution in [0, 0.1) is 10.1 Å². The first-order valence-electron chi connectivity index (χ1n) is 7.20. The standard InChI is InChI=1S/C15H20N2O5S/c1-14(2)9-11(18)10-15(3,4)17(14)23(21,22)13-8-6-5-7-12(13)16(19)20/h5-8H,9-10H2,1-4H3. The second-order valence-corrected chi connectivity index (χ2v) is 8.77. The number of para-hydroxylation sites is 1. The van der Waals surface area contributed by atoms with Gasteiger partial charge in [-0.15, -0.1) is 0 Å². The fourth-order valence-electron chi connectivity index (χ4n) is 3.57. The maximum Gasteiger partial charge on any atom is 0.289 e. The van der Waals surface area contributed by atoms with Crippen LogP contribution < -0.4 is 0 Å². The summed E-state index contributed by atoms with van der Waals surface area (Å²) in [4.78, 5) is 22.1. The van der Waals surface area contributed by atoms with Crippen LogP contribution in [0.25, 0.3) is 0 Å². The Morgan fingerprint density at radius 2 is 1.57 bits per heavy atom. The molecule has 0 radical (unpaired) electrons. The van der Waals surface area contributed by atoms with Crippen LogP contribution in [0.2, 0.25) is 0 Å². The molecular formula is C15H20N2O5S. The molecule has 7 nitrogen and oxygen atoms in total. The molecule has 1 aliphatic rings. The van der Waals surface area contributed by atoms with Crippen molar-refractivity contribution in [2.24, 2.45) is 0 Å². The zero-order valence-corrected chi connectivity index (χ0v) is 14.4. The maximum absolute atomic E-state index is 13.2. The summed E-state index contributed by atoms with van der Waals surface area (Å²) in [6, 6.07) is 5.28. The highest BCUT2D eigenvalue weighted by Crippen LogP contribution is 2.42. The lowest BCUT2D eigenvalue weighted by Gasteiger charge is -2.50. The third-order valence-electron chi connectivity index (χ3n) is 3.94. The quantitative estimate of drug-likeness (QED) is 0.622. The normalized spacial score (nSPS) is 21.1. The van der Waals surface area contributed by atoms with Crippen molar-refractivity contribution in [1.82, 2.24) is 4.31 Å². The molecule has 0 unspecified atom stereocenters. The Morgan fingerprint density at radius 3 is 2.04 bits per heavy atom. The van der Waals surface area contributed by atoms with E-state index in [1.165, 1.54) is 28.6 Å². The Balaban J connectivity index is 2.68. The van der Waals surface area contributed by atoms with Crippen LogP contribution in [0.4, 0.5) is 5.69 Å². The lowest BCUT2D eigenvalue weighted by Crippen LogP contribution is -2.62. The molecule has 0 atom stereocenters. The zero-order chi connectivity index (χ0) is 17.6. The highest BCUT2D eigenvalue weighted by atomic mass is 32.2. The Kier molecular flexibility index (Phi) is 4.11. The molecule has 0 spiro atoms. The number of hydrogen-bond acceptors (Lipinski definition) is 5. The van der Waals surface area contributed by atoms with Crippen molar-refractivity contribution in [3.63, 3.8) is 0 Å². The van der Waals surface area contributed by atoms with Crippen LogP contribution in [-0.2, 0) is 14.8 Å². The number of ketones is 1. The predicted octanol–water partition coefficient (Wildman–Crippen LogP) is 2.51. The molecule has 0 amide bonds. The number of benzene rings is 1. The molecule has 0 aromatic heterocycles. The third kappa shape index (κ3) is 3.00. The summed E-state index contributed by atoms with van der Waals surface area (Å²) in [6.07, 6.45) is 0.159. The Hall–Kier alpha value is -1.80. The SMILES string of the molecule is CC1(C)CC(=O)CC(C)(C)N1S(=O)(=O)c1ccccc1[N+](=O)[O-]. The smallest absolute Gasteiger partial charge is 0.289 e. The number of nitro benzene ring substituents is 1. The van der Waals surface area contributed by atoms with Crippen molar-refractivity contribution >= 4 is 21.5 Å². The van der Waals surface area contributed by atoms with E-state index in [0.717, 1.165) is 0 Å². The summed E-state index contributed by atoms with van der Waals surface area (Å²) < 4.78 is 27.6. The molecule has 1 aliphatic heterocycles. The van der Waals surface area contributed by atoms with E-state index in [1.54, 1.807) is 27.7 Å². The number of nitro groups is 1. The fourth-order valence-corrected chi connectivity index (χ4v) is 5.85. The summed E-state index contributed by atoms with van der Waals surface area (Å²) in [6.45, 7) is 6.66. The van der Waals surface area contributed by atoms with Crippen LogP contribution >= 0.6 is 0 Å². The Bertz CT molecular complexity index is 748. The van der Waals surface area contributed by atoms with Crippen molar-refractivity contribution in [2.75, 3.05) is 0 Å². The molecule has 2 rings (SSSR count). The molecule has 8 heteroatoms. The number of rotatable bonds is 3. The van der Waals surface area contributed by atoms with Gasteiger partial charge in [-0.25, -0.2) is 8.42 Å². The van der Waals surface area contributed by atoms with E-state index in [2.05, 4.69) is 0 Å². The third-order valence-corrected chi connectivity index (χ3v) is 6.31. The van der Waals surface area contributed by atoms with Gasteiger partial charge >= 0.3 is 0 Å². The molecule has 0 aliphatic carbocycles. The first-order chi connectivity index (χ1) is 10.4. The summed E-state index contributed by atoms with van der Waals surface area (Å²) >= 11 is 0. The number of carbonyl (C=O) groups is 1. The van der Waals surface area contributed by atoms with E-state index in [9.17, 15) is 23.3 Å². The van der Waals surface area contributed by atoms with Crippen LogP contribution in [-0.4, -0.2) is 34.5 Å². The van der Waals surface area contributed by atoms with Gasteiger partial charge in [0.1, 0.15) is 5.78 Å². The first kappa shape index (κ1) is 17.6. The van der Waals surface area contributed by atoms with Crippen molar-refractivity contribution in [3.05, 3.63) is 34.4 Å². The number of carbonyl (C=O) groups excluding carboxylic acids is 1. The minimum atomic E-state index is -4.14. The summed E-state index contributed by atoms with van der Waals surface area (Å²) in [7, 11) is -4.14. The highest BCUT2D eigenvalue weighted by Gasteiger charge is 2.52. The van der Waals surface area contributed by atoms with Gasteiger partial charge in [0.25, 0.3) is 15.7 Å². The lowest BCUT2D eigenvalue weighted by atomic mass is 9.82. The van der Waals surface area contributed by atoms with E-state index < -0.39 is 31.7 Å². The average Bonchev–Trinajstić information content (AvgIpc) is 2.34. The van der Waals surface area contributed by atoms with E-state index in [4.69, 9.17) is 0 Å². The van der Waals surface area contributed by atoms with Gasteiger partial charge in [0, 0.05) is 30.0 Å². The van der Waals surface area contributed by atoms with Crippen molar-refractivity contribution in [2.45, 2.75) is 56.5 Å². The molecule has 0 saturated carbocycles. The number of nitrogens with zero attached hydrogens (tertiary/aromatic N) is 2. The zero-order valence-electron chi connectivity index (χ0n) is 13.6. The number of sulfonamides is 1. The lowest BCUT2D eigenvalue weighted by molar-refractivity contribution is -0.387. The summed E-state index contributed by atoms with van der Waals surface area (Å²) in [5, 5.41) is 11.2. The second-order valence-electron chi connectivity index (χ2n) is 7.01. The Morgan fingerprint density at radius 1 is 1.09 bits per heavy atom. The summed E-state index contributed by atoms with van der Waals surface area (Å²) in [5.41, 5.74) is -2.38. The molecule has 23 heavy (non-hydrogen) atoms. The van der Waals surface area contributed by atoms with Crippen LogP contribution in [0.5, 0.6) is 0 Å². The van der Waals surface area contributed by atoms with Crippen molar-refractivity contribution in [3.8, 4) is 0 Å². The molecule has 1 aromatic rings. The maximum atomic E-state index is 13.2. The average molecular weight is 340 g/mol. The number of hydrogen-bond donors (Lipinski definition) is 0. The molecule has 1 heterocycles. The summed E-state index contributed by atoms with van der Waals surface area (Å²) in [5.74, 6) is -0.0194. The minimum Gasteiger partial charge on any atom is -0.300 e. The molecular weight excluding hydrogens is 320 g/mol. The highest BCUT2D eigenvalue weighted by molar-refractivity contribution is 7.89. The minimum absolute atomic E-state index is 0.0194. The molecule has 126 valence electrons. The molecule has 1 fully saturated rings. The van der Waals surface area contributed by atoms with E-state index in [1.807, 2.05) is 0 Å². The van der Waals surface area contributed by atoms with Crippen molar-refractivity contribution in [1.29, 1.82) is 0 Å². The molecule has 0 bridgehead atoms. The van der Waals surface area contributed by atoms with Gasteiger partial charge in [0.2, 0.25) is 0 Å². The van der Waals surface area contributed by atoms with E-state index in [0.29, 0.717) is 0 Å². The predicted molar refractivity (Wildman–Crippen MR) is 84.5 cm³/mol. The van der Waals surface area contributed by atoms with Crippen molar-refractivity contribution < 1.29 is 18.1 Å². The van der Waals surface area contributed by atoms with Crippen LogP contribution in [0.1, 0.15) is 40.5 Å². The topological polar surface area (TPSA) is 97.6 Å². The largest absolute Gasteiger partial charge is 0.300 e. The second kappa shape index (κ2) is 5.38. The fraction of sp³-hybridized carbons (Fsp3) is 0.533. The molecule has 1 aromatic carbocycles. The Labute approximate surface area is 135 Å². The van der Waals surface area contributed by atoms with Gasteiger partial charge in [-0.05, 0) is 33.8 Å². The van der Waals surface area contributed by atoms with Crippen LogP contribution in [0.3, 0.4) is 0 Å². The molecule has 0 N–H and O–H groups in total. The van der Waals surface area contributed by atoms with Gasteiger partial charge in [-0.3, -0.25) is 14.9 Å². The van der Waals surface area contributed by atoms with Gasteiger partial charge < -0.3 is 0 Å². The number of Topliss-reactive ketones (excluding diaryl/α,β-unsaturated/α-hetero) is 1. The first-order valence-corrected chi connectivity index (χ1v) is 8.64. The number of piperidine rings is 1. The monoisotopic (exact) mass is 340 g/mol. The van der Waals surface area contributed by atoms with E-state index >= 15 is 0 Å².